The molecule has 0 spiro atoms. The Morgan fingerprint density at radius 1 is 1.28 bits per heavy atom. The molecule has 1 heterocycles. The van der Waals surface area contributed by atoms with E-state index in [4.69, 9.17) is 35.0 Å². The van der Waals surface area contributed by atoms with Crippen molar-refractivity contribution in [2.24, 2.45) is 5.10 Å². The van der Waals surface area contributed by atoms with Gasteiger partial charge in [0.1, 0.15) is 12.4 Å². The summed E-state index contributed by atoms with van der Waals surface area (Å²) in [5.41, 5.74) is 1.50. The average molecular weight is 369 g/mol. The van der Waals surface area contributed by atoms with Gasteiger partial charge in [0.25, 0.3) is 0 Å². The number of hydrogen-bond donors (Lipinski definition) is 1. The van der Waals surface area contributed by atoms with E-state index in [1.54, 1.807) is 12.3 Å². The molecule has 0 aliphatic carbocycles. The van der Waals surface area contributed by atoms with Gasteiger partial charge in [-0.2, -0.15) is 14.9 Å². The Labute approximate surface area is 154 Å². The van der Waals surface area contributed by atoms with Crippen LogP contribution >= 0.6 is 23.8 Å². The Bertz CT molecular complexity index is 1020. The van der Waals surface area contributed by atoms with Crippen LogP contribution in [0, 0.1) is 17.1 Å². The Hall–Kier alpha value is -2.88. The molecule has 0 aliphatic rings. The molecular formula is C18H13ClN4OS. The van der Waals surface area contributed by atoms with Crippen LogP contribution in [0.3, 0.4) is 0 Å². The molecule has 0 bridgehead atoms. The van der Waals surface area contributed by atoms with E-state index >= 15 is 0 Å². The van der Waals surface area contributed by atoms with Crippen molar-refractivity contribution in [2.75, 3.05) is 6.61 Å². The first kappa shape index (κ1) is 17.0. The van der Waals surface area contributed by atoms with Crippen LogP contribution in [0.2, 0.25) is 5.02 Å². The van der Waals surface area contributed by atoms with E-state index in [0.29, 0.717) is 21.4 Å². The molecule has 124 valence electrons. The minimum atomic E-state index is 0.181. The van der Waals surface area contributed by atoms with E-state index in [2.05, 4.69) is 21.2 Å². The van der Waals surface area contributed by atoms with Crippen molar-refractivity contribution in [1.82, 2.24) is 14.9 Å². The molecule has 25 heavy (non-hydrogen) atoms. The van der Waals surface area contributed by atoms with E-state index < -0.39 is 0 Å². The summed E-state index contributed by atoms with van der Waals surface area (Å²) in [6.45, 7) is 0.181. The van der Waals surface area contributed by atoms with Crippen molar-refractivity contribution < 1.29 is 4.74 Å². The lowest BCUT2D eigenvalue weighted by Crippen LogP contribution is -1.99. The van der Waals surface area contributed by atoms with Crippen LogP contribution in [0.4, 0.5) is 0 Å². The second-order valence-electron chi connectivity index (χ2n) is 4.92. The largest absolute Gasteiger partial charge is 0.480 e. The average Bonchev–Trinajstić information content (AvgIpc) is 2.99. The van der Waals surface area contributed by atoms with E-state index in [1.165, 1.54) is 4.68 Å². The monoisotopic (exact) mass is 368 g/mol. The molecule has 0 fully saturated rings. The molecule has 5 nitrogen and oxygen atoms in total. The summed E-state index contributed by atoms with van der Waals surface area (Å²) >= 11 is 11.5. The van der Waals surface area contributed by atoms with Crippen LogP contribution in [-0.2, 0) is 0 Å². The number of ether oxygens (including phenoxy) is 1. The highest BCUT2D eigenvalue weighted by Crippen LogP contribution is 2.26. The van der Waals surface area contributed by atoms with Crippen LogP contribution in [0.1, 0.15) is 5.56 Å². The maximum absolute atomic E-state index is 6.25. The van der Waals surface area contributed by atoms with E-state index in [-0.39, 0.29) is 6.61 Å². The van der Waals surface area contributed by atoms with E-state index in [1.807, 2.05) is 42.5 Å². The SMILES string of the molecule is C#CCOc1ccccc1/C=N\n1c(-c2ccccc2Cl)n[nH]c1=S. The zero-order chi connectivity index (χ0) is 17.6. The lowest BCUT2D eigenvalue weighted by Gasteiger charge is -2.06. The number of hydrogen-bond acceptors (Lipinski definition) is 4. The second kappa shape index (κ2) is 7.79. The van der Waals surface area contributed by atoms with Crippen LogP contribution in [0.15, 0.2) is 53.6 Å². The number of nitrogens with one attached hydrogen (secondary N) is 1. The van der Waals surface area contributed by atoms with Crippen LogP contribution in [0.5, 0.6) is 5.75 Å². The summed E-state index contributed by atoms with van der Waals surface area (Å²) in [4.78, 5) is 0. The van der Waals surface area contributed by atoms with Crippen molar-refractivity contribution in [3.8, 4) is 29.5 Å². The van der Waals surface area contributed by atoms with Gasteiger partial charge < -0.3 is 4.74 Å². The number of benzene rings is 2. The zero-order valence-corrected chi connectivity index (χ0v) is 14.6. The van der Waals surface area contributed by atoms with Crippen molar-refractivity contribution >= 4 is 30.0 Å². The highest BCUT2D eigenvalue weighted by molar-refractivity contribution is 7.71. The van der Waals surface area contributed by atoms with Gasteiger partial charge in [0, 0.05) is 11.1 Å². The molecule has 2 aromatic carbocycles. The molecule has 0 amide bonds. The highest BCUT2D eigenvalue weighted by atomic mass is 35.5. The Morgan fingerprint density at radius 2 is 2.04 bits per heavy atom. The number of halogens is 1. The molecule has 3 rings (SSSR count). The normalized spacial score (nSPS) is 10.7. The smallest absolute Gasteiger partial charge is 0.216 e. The van der Waals surface area contributed by atoms with Gasteiger partial charge in [-0.25, -0.2) is 5.10 Å². The number of rotatable bonds is 5. The molecule has 1 N–H and O–H groups in total. The van der Waals surface area contributed by atoms with Crippen molar-refractivity contribution in [2.45, 2.75) is 0 Å². The molecule has 0 saturated carbocycles. The van der Waals surface area contributed by atoms with Gasteiger partial charge in [-0.1, -0.05) is 41.8 Å². The molecule has 0 saturated heterocycles. The predicted octanol–water partition coefficient (Wildman–Crippen LogP) is 4.16. The number of aromatic nitrogens is 3. The van der Waals surface area contributed by atoms with Gasteiger partial charge in [-0.15, -0.1) is 6.42 Å². The van der Waals surface area contributed by atoms with Crippen LogP contribution in [0.25, 0.3) is 11.4 Å². The van der Waals surface area contributed by atoms with Crippen LogP contribution < -0.4 is 4.74 Å². The highest BCUT2D eigenvalue weighted by Gasteiger charge is 2.11. The lowest BCUT2D eigenvalue weighted by molar-refractivity contribution is 0.370. The molecular weight excluding hydrogens is 356 g/mol. The maximum atomic E-state index is 6.25. The minimum Gasteiger partial charge on any atom is -0.480 e. The summed E-state index contributed by atoms with van der Waals surface area (Å²) in [6, 6.07) is 14.8. The summed E-state index contributed by atoms with van der Waals surface area (Å²) in [6.07, 6.45) is 6.88. The van der Waals surface area contributed by atoms with E-state index in [9.17, 15) is 0 Å². The quantitative estimate of drug-likeness (QED) is 0.418. The number of terminal acetylenes is 1. The van der Waals surface area contributed by atoms with Gasteiger partial charge in [-0.3, -0.25) is 0 Å². The topological polar surface area (TPSA) is 55.2 Å². The fourth-order valence-electron chi connectivity index (χ4n) is 2.17. The van der Waals surface area contributed by atoms with E-state index in [0.717, 1.165) is 11.1 Å². The molecule has 0 atom stereocenters. The number of para-hydroxylation sites is 1. The summed E-state index contributed by atoms with van der Waals surface area (Å²) < 4.78 is 7.38. The number of aromatic amines is 1. The number of nitrogens with zero attached hydrogens (tertiary/aromatic N) is 3. The molecule has 1 aromatic heterocycles. The standard InChI is InChI=1S/C18H13ClN4OS/c1-2-11-24-16-10-6-3-7-13(16)12-20-23-17(21-22-18(23)25)14-8-4-5-9-15(14)19/h1,3-10,12H,11H2,(H,22,25)/b20-12-. The first-order chi connectivity index (χ1) is 12.2. The van der Waals surface area contributed by atoms with Gasteiger partial charge >= 0.3 is 0 Å². The predicted molar refractivity (Wildman–Crippen MR) is 102 cm³/mol. The molecule has 3 aromatic rings. The Balaban J connectivity index is 1.99. The third-order valence-corrected chi connectivity index (χ3v) is 3.90. The molecule has 0 radical (unpaired) electrons. The Morgan fingerprint density at radius 3 is 2.84 bits per heavy atom. The third-order valence-electron chi connectivity index (χ3n) is 3.31. The van der Waals surface area contributed by atoms with Crippen LogP contribution in [-0.4, -0.2) is 27.7 Å². The number of H-pyrrole nitrogens is 1. The van der Waals surface area contributed by atoms with Gasteiger partial charge in [-0.05, 0) is 36.5 Å². The summed E-state index contributed by atoms with van der Waals surface area (Å²) in [5.74, 6) is 3.60. The van der Waals surface area contributed by atoms with Crippen molar-refractivity contribution in [3.05, 3.63) is 63.9 Å². The van der Waals surface area contributed by atoms with Gasteiger partial charge in [0.2, 0.25) is 4.77 Å². The third kappa shape index (κ3) is 3.79. The second-order valence-corrected chi connectivity index (χ2v) is 5.71. The summed E-state index contributed by atoms with van der Waals surface area (Å²) in [7, 11) is 0. The summed E-state index contributed by atoms with van der Waals surface area (Å²) in [5, 5.41) is 11.9. The fourth-order valence-corrected chi connectivity index (χ4v) is 2.57. The van der Waals surface area contributed by atoms with Crippen molar-refractivity contribution in [3.63, 3.8) is 0 Å². The zero-order valence-electron chi connectivity index (χ0n) is 13.0. The van der Waals surface area contributed by atoms with Crippen molar-refractivity contribution in [1.29, 1.82) is 0 Å². The fraction of sp³-hybridized carbons (Fsp3) is 0.0556. The van der Waals surface area contributed by atoms with Gasteiger partial charge in [0.15, 0.2) is 5.82 Å². The Kier molecular flexibility index (Phi) is 5.29. The maximum Gasteiger partial charge on any atom is 0.216 e. The first-order valence-electron chi connectivity index (χ1n) is 7.32. The minimum absolute atomic E-state index is 0.181. The molecule has 7 heteroatoms. The first-order valence-corrected chi connectivity index (χ1v) is 8.11. The van der Waals surface area contributed by atoms with Gasteiger partial charge in [0.05, 0.1) is 11.2 Å². The molecule has 0 unspecified atom stereocenters. The lowest BCUT2D eigenvalue weighted by atomic mass is 10.2. The molecule has 0 aliphatic heterocycles.